The predicted octanol–water partition coefficient (Wildman–Crippen LogP) is 1.16. The number of hydrogen-bond acceptors (Lipinski definition) is 3. The first kappa shape index (κ1) is 10.2. The number of rotatable bonds is 5. The fourth-order valence-electron chi connectivity index (χ4n) is 0.553. The van der Waals surface area contributed by atoms with Gasteiger partial charge in [-0.2, -0.15) is 0 Å². The van der Waals surface area contributed by atoms with Crippen LogP contribution in [0.1, 0.15) is 6.42 Å². The highest BCUT2D eigenvalue weighted by Gasteiger charge is 1.98. The van der Waals surface area contributed by atoms with Crippen LogP contribution in [0, 0.1) is 0 Å². The molecule has 0 rings (SSSR count). The summed E-state index contributed by atoms with van der Waals surface area (Å²) in [4.78, 5) is 10.4. The van der Waals surface area contributed by atoms with Crippen molar-refractivity contribution in [2.24, 2.45) is 0 Å². The smallest absolute Gasteiger partial charge is 0.330 e. The number of hydrogen-bond donors (Lipinski definition) is 0. The van der Waals surface area contributed by atoms with Crippen molar-refractivity contribution in [2.45, 2.75) is 19.0 Å². The number of carbonyl (C=O) groups excluding carboxylic acids is 1. The Kier molecular flexibility index (Phi) is 5.55. The summed E-state index contributed by atoms with van der Waals surface area (Å²) in [7, 11) is -1.41. The van der Waals surface area contributed by atoms with Gasteiger partial charge in [0.2, 0.25) is 0 Å². The molecule has 0 spiro atoms. The van der Waals surface area contributed by atoms with Gasteiger partial charge in [-0.3, -0.25) is 0 Å². The molecule has 0 heterocycles. The van der Waals surface area contributed by atoms with Gasteiger partial charge in [-0.05, 0) is 19.0 Å². The monoisotopic (exact) mass is 172 g/mol. The Bertz CT molecular complexity index is 165. The lowest BCUT2D eigenvalue weighted by Crippen LogP contribution is -2.03. The Morgan fingerprint density at radius 1 is 1.73 bits per heavy atom. The normalized spacial score (nSPS) is 8.82. The van der Waals surface area contributed by atoms with Crippen LogP contribution in [0.5, 0.6) is 0 Å². The maximum absolute atomic E-state index is 10.6. The van der Waals surface area contributed by atoms with Crippen molar-refractivity contribution < 1.29 is 14.0 Å². The largest absolute Gasteiger partial charge is 0.463 e. The van der Waals surface area contributed by atoms with Gasteiger partial charge in [-0.15, -0.1) is 0 Å². The van der Waals surface area contributed by atoms with Crippen LogP contribution < -0.4 is 0 Å². The van der Waals surface area contributed by atoms with Crippen LogP contribution in [0.25, 0.3) is 0 Å². The van der Waals surface area contributed by atoms with E-state index in [4.69, 9.17) is 0 Å². The first-order valence-electron chi connectivity index (χ1n) is 3.45. The Morgan fingerprint density at radius 3 is 2.82 bits per heavy atom. The summed E-state index contributed by atoms with van der Waals surface area (Å²) in [6.45, 7) is 5.28. The van der Waals surface area contributed by atoms with Crippen molar-refractivity contribution in [1.29, 1.82) is 0 Å². The molecule has 0 aromatic rings. The molecule has 0 aliphatic rings. The van der Waals surface area contributed by atoms with E-state index in [2.05, 4.69) is 11.3 Å². The summed E-state index contributed by atoms with van der Waals surface area (Å²) in [6, 6.07) is 0.648. The number of esters is 1. The molecule has 62 valence electrons. The molecule has 0 aliphatic heterocycles. The molecule has 0 N–H and O–H groups in total. The molecule has 4 heteroatoms. The molecule has 0 amide bonds. The first-order chi connectivity index (χ1) is 5.16. The van der Waals surface area contributed by atoms with Gasteiger partial charge in [0, 0.05) is 6.08 Å². The second-order valence-electron chi connectivity index (χ2n) is 2.18. The first-order valence-corrected chi connectivity index (χ1v) is 5.57. The summed E-state index contributed by atoms with van der Waals surface area (Å²) in [5.74, 6) is -0.416. The van der Waals surface area contributed by atoms with Crippen LogP contribution in [-0.4, -0.2) is 21.3 Å². The average molecular weight is 172 g/mol. The van der Waals surface area contributed by atoms with Gasteiger partial charge in [0.1, 0.15) is 0 Å². The second-order valence-corrected chi connectivity index (χ2v) is 4.08. The van der Waals surface area contributed by atoms with E-state index in [1.807, 2.05) is 0 Å². The number of ether oxygens (including phenoxy) is 1. The standard InChI is InChI=1S/C7H12O3Si/c1-3-7(8)10-5-4-6-11(2)9/h3H,1,4-6H2,2H3. The minimum absolute atomic E-state index is 0.342. The van der Waals surface area contributed by atoms with Gasteiger partial charge in [-0.25, -0.2) is 4.79 Å². The molecule has 0 aromatic heterocycles. The van der Waals surface area contributed by atoms with E-state index in [0.29, 0.717) is 19.1 Å². The fourth-order valence-corrected chi connectivity index (χ4v) is 1.20. The van der Waals surface area contributed by atoms with Crippen LogP contribution in [0.4, 0.5) is 0 Å². The lowest BCUT2D eigenvalue weighted by Gasteiger charge is -1.98. The summed E-state index contributed by atoms with van der Waals surface area (Å²) in [6.07, 6.45) is 1.79. The zero-order chi connectivity index (χ0) is 8.69. The summed E-state index contributed by atoms with van der Waals surface area (Å²) < 4.78 is 15.2. The topological polar surface area (TPSA) is 43.4 Å². The molecule has 0 aromatic carbocycles. The van der Waals surface area contributed by atoms with Crippen molar-refractivity contribution in [2.75, 3.05) is 6.61 Å². The van der Waals surface area contributed by atoms with Crippen molar-refractivity contribution in [3.63, 3.8) is 0 Å². The van der Waals surface area contributed by atoms with E-state index >= 15 is 0 Å². The highest BCUT2D eigenvalue weighted by Crippen LogP contribution is 1.92. The highest BCUT2D eigenvalue weighted by molar-refractivity contribution is 6.40. The van der Waals surface area contributed by atoms with Crippen LogP contribution in [0.15, 0.2) is 12.7 Å². The quantitative estimate of drug-likeness (QED) is 0.270. The van der Waals surface area contributed by atoms with Gasteiger partial charge >= 0.3 is 5.97 Å². The molecular formula is C7H12O3Si. The molecule has 0 atom stereocenters. The third-order valence-electron chi connectivity index (χ3n) is 1.08. The fraction of sp³-hybridized carbons (Fsp3) is 0.571. The molecule has 0 fully saturated rings. The molecule has 0 aliphatic carbocycles. The van der Waals surface area contributed by atoms with Crippen molar-refractivity contribution >= 4 is 14.7 Å². The van der Waals surface area contributed by atoms with Gasteiger partial charge in [0.05, 0.1) is 6.61 Å². The SMILES string of the molecule is C=CC(=O)OCCC[Si](C)=O. The average Bonchev–Trinajstić information content (AvgIpc) is 1.97. The second kappa shape index (κ2) is 5.97. The van der Waals surface area contributed by atoms with E-state index in [0.717, 1.165) is 6.08 Å². The van der Waals surface area contributed by atoms with Crippen LogP contribution >= 0.6 is 0 Å². The van der Waals surface area contributed by atoms with E-state index in [-0.39, 0.29) is 0 Å². The Morgan fingerprint density at radius 2 is 2.36 bits per heavy atom. The molecule has 0 radical (unpaired) electrons. The van der Waals surface area contributed by atoms with Gasteiger partial charge in [0.25, 0.3) is 8.68 Å². The summed E-state index contributed by atoms with van der Waals surface area (Å²) >= 11 is 0. The van der Waals surface area contributed by atoms with E-state index in [1.165, 1.54) is 0 Å². The highest BCUT2D eigenvalue weighted by atomic mass is 28.3. The van der Waals surface area contributed by atoms with E-state index in [1.54, 1.807) is 6.55 Å². The van der Waals surface area contributed by atoms with Gasteiger partial charge in [-0.1, -0.05) is 6.58 Å². The zero-order valence-electron chi connectivity index (χ0n) is 6.63. The third-order valence-corrected chi connectivity index (χ3v) is 2.14. The molecule has 0 unspecified atom stereocenters. The Balaban J connectivity index is 3.21. The summed E-state index contributed by atoms with van der Waals surface area (Å²) in [5, 5.41) is 0. The van der Waals surface area contributed by atoms with Crippen LogP contribution in [0.2, 0.25) is 12.6 Å². The van der Waals surface area contributed by atoms with Crippen molar-refractivity contribution in [3.05, 3.63) is 12.7 Å². The number of carbonyl (C=O) groups is 1. The van der Waals surface area contributed by atoms with Crippen LogP contribution in [0.3, 0.4) is 0 Å². The molecule has 3 nitrogen and oxygen atoms in total. The maximum Gasteiger partial charge on any atom is 0.330 e. The minimum Gasteiger partial charge on any atom is -0.463 e. The van der Waals surface area contributed by atoms with Crippen molar-refractivity contribution in [3.8, 4) is 0 Å². The van der Waals surface area contributed by atoms with Crippen molar-refractivity contribution in [1.82, 2.24) is 0 Å². The van der Waals surface area contributed by atoms with E-state index in [9.17, 15) is 9.26 Å². The zero-order valence-corrected chi connectivity index (χ0v) is 7.63. The lowest BCUT2D eigenvalue weighted by atomic mass is 10.5. The minimum atomic E-state index is -1.41. The van der Waals surface area contributed by atoms with Gasteiger partial charge < -0.3 is 9.20 Å². The van der Waals surface area contributed by atoms with Gasteiger partial charge in [0.15, 0.2) is 0 Å². The lowest BCUT2D eigenvalue weighted by molar-refractivity contribution is -0.137. The van der Waals surface area contributed by atoms with E-state index < -0.39 is 14.7 Å². The molecular weight excluding hydrogens is 160 g/mol. The summed E-state index contributed by atoms with van der Waals surface area (Å²) in [5.41, 5.74) is 0. The Labute approximate surface area is 67.7 Å². The molecule has 11 heavy (non-hydrogen) atoms. The maximum atomic E-state index is 10.6. The van der Waals surface area contributed by atoms with Crippen LogP contribution in [-0.2, 0) is 14.0 Å². The third kappa shape index (κ3) is 7.12. The molecule has 0 saturated carbocycles. The predicted molar refractivity (Wildman–Crippen MR) is 42.9 cm³/mol. The molecule has 0 saturated heterocycles. The Hall–Kier alpha value is -0.773. The molecule has 0 bridgehead atoms.